The van der Waals surface area contributed by atoms with Crippen LogP contribution in [-0.2, 0) is 10.1 Å². The quantitative estimate of drug-likeness (QED) is 0.499. The van der Waals surface area contributed by atoms with E-state index >= 15 is 0 Å². The van der Waals surface area contributed by atoms with Gasteiger partial charge in [-0.3, -0.25) is 0 Å². The van der Waals surface area contributed by atoms with Gasteiger partial charge in [0.25, 0.3) is 0 Å². The number of hydrogen-bond acceptors (Lipinski definition) is 4. The molecule has 1 N–H and O–H groups in total. The molecule has 8 heteroatoms. The Bertz CT molecular complexity index is 410. The molecule has 0 unspecified atom stereocenters. The summed E-state index contributed by atoms with van der Waals surface area (Å²) in [5.74, 6) is 0. The molecule has 0 atom stereocenters. The van der Waals surface area contributed by atoms with Crippen LogP contribution in [0.2, 0.25) is 0 Å². The van der Waals surface area contributed by atoms with Gasteiger partial charge in [-0.15, -0.1) is 0 Å². The first-order chi connectivity index (χ1) is 5.41. The summed E-state index contributed by atoms with van der Waals surface area (Å²) in [7, 11) is 6.08. The molecule has 0 bridgehead atoms. The monoisotopic (exact) mass is 198 g/mol. The van der Waals surface area contributed by atoms with Crippen LogP contribution in [0.5, 0.6) is 0 Å². The summed E-state index contributed by atoms with van der Waals surface area (Å²) in [6, 6.07) is 1.11. The molecule has 0 aliphatic rings. The van der Waals surface area contributed by atoms with Gasteiger partial charge in [0.1, 0.15) is 0 Å². The van der Waals surface area contributed by atoms with E-state index in [0.29, 0.717) is 11.5 Å². The van der Waals surface area contributed by atoms with Crippen molar-refractivity contribution >= 4 is 42.3 Å². The van der Waals surface area contributed by atoms with Gasteiger partial charge < -0.3 is 0 Å². The Labute approximate surface area is 76.0 Å². The molecule has 1 aromatic rings. The molecule has 0 saturated heterocycles. The van der Waals surface area contributed by atoms with Gasteiger partial charge in [0, 0.05) is 0 Å². The van der Waals surface area contributed by atoms with Gasteiger partial charge in [-0.05, 0) is 0 Å². The molecule has 0 fully saturated rings. The van der Waals surface area contributed by atoms with Gasteiger partial charge >= 0.3 is 75.7 Å². The van der Waals surface area contributed by atoms with E-state index in [1.54, 1.807) is 0 Å². The predicted octanol–water partition coefficient (Wildman–Crippen LogP) is -0.795. The Morgan fingerprint density at radius 2 is 2.25 bits per heavy atom. The second-order valence-electron chi connectivity index (χ2n) is 1.96. The van der Waals surface area contributed by atoms with E-state index in [-0.39, 0.29) is 15.3 Å². The molecule has 0 amide bonds. The molecule has 0 aromatic carbocycles. The zero-order chi connectivity index (χ0) is 9.35. The molecule has 59 valence electrons. The van der Waals surface area contributed by atoms with Crippen LogP contribution in [-0.4, -0.2) is 38.0 Å². The molecule has 1 heterocycles. The molecular formula is C4H2B2NO3S2. The standard InChI is InChI=1S/C4H2B2NO3S2/c5-4(6)2-1-3(11-7-2)12(8,9)10/h1H,(H,8,9,10). The topological polar surface area (TPSA) is 67.3 Å². The molecule has 4 nitrogen and oxygen atoms in total. The second-order valence-corrected chi connectivity index (χ2v) is 4.41. The van der Waals surface area contributed by atoms with Crippen molar-refractivity contribution in [3.63, 3.8) is 0 Å². The summed E-state index contributed by atoms with van der Waals surface area (Å²) in [6.07, 6.45) is 0. The zero-order valence-electron chi connectivity index (χ0n) is 5.76. The fourth-order valence-electron chi connectivity index (χ4n) is 0.516. The van der Waals surface area contributed by atoms with Crippen molar-refractivity contribution in [2.75, 3.05) is 0 Å². The van der Waals surface area contributed by atoms with Crippen LogP contribution < -0.4 is 0 Å². The van der Waals surface area contributed by atoms with Crippen molar-refractivity contribution in [1.29, 1.82) is 0 Å². The van der Waals surface area contributed by atoms with E-state index in [2.05, 4.69) is 4.37 Å². The molecule has 0 spiro atoms. The maximum absolute atomic E-state index is 10.5. The maximum atomic E-state index is 10.5. The minimum atomic E-state index is -4.18. The van der Waals surface area contributed by atoms with Gasteiger partial charge in [-0.1, -0.05) is 0 Å². The van der Waals surface area contributed by atoms with Crippen LogP contribution in [0.15, 0.2) is 10.3 Å². The van der Waals surface area contributed by atoms with Gasteiger partial charge in [-0.2, -0.15) is 0 Å². The third-order valence-corrected chi connectivity index (χ3v) is 3.11. The predicted molar refractivity (Wildman–Crippen MR) is 47.5 cm³/mol. The van der Waals surface area contributed by atoms with Crippen molar-refractivity contribution in [1.82, 2.24) is 4.37 Å². The SMILES string of the molecule is [B]C(=[B])c1cc(S(=O)(=O)O)sn1. The normalized spacial score (nSPS) is 11.3. The zero-order valence-corrected chi connectivity index (χ0v) is 7.39. The third kappa shape index (κ3) is 2.02. The molecule has 0 aliphatic heterocycles. The van der Waals surface area contributed by atoms with Gasteiger partial charge in [0.05, 0.1) is 0 Å². The van der Waals surface area contributed by atoms with Crippen LogP contribution in [0, 0.1) is 0 Å². The van der Waals surface area contributed by atoms with E-state index in [4.69, 9.17) is 19.9 Å². The third-order valence-electron chi connectivity index (χ3n) is 1.04. The Kier molecular flexibility index (Phi) is 2.50. The summed E-state index contributed by atoms with van der Waals surface area (Å²) in [5, 5.41) is -0.0823. The van der Waals surface area contributed by atoms with Gasteiger partial charge in [0.2, 0.25) is 0 Å². The van der Waals surface area contributed by atoms with Crippen LogP contribution in [0.4, 0.5) is 0 Å². The fraction of sp³-hybridized carbons (Fsp3) is 0. The first kappa shape index (κ1) is 9.63. The summed E-state index contributed by atoms with van der Waals surface area (Å²) in [4.78, 5) is 0. The second kappa shape index (κ2) is 3.12. The Hall–Kier alpha value is -0.460. The minimum absolute atomic E-state index is 0.0823. The number of nitrogens with zero attached hydrogens (tertiary/aromatic N) is 1. The van der Waals surface area contributed by atoms with Gasteiger partial charge in [0.15, 0.2) is 0 Å². The van der Waals surface area contributed by atoms with Crippen LogP contribution in [0.3, 0.4) is 0 Å². The van der Waals surface area contributed by atoms with E-state index in [0.717, 1.165) is 6.07 Å². The summed E-state index contributed by atoms with van der Waals surface area (Å²) >= 11 is 0.616. The molecule has 12 heavy (non-hydrogen) atoms. The molecule has 1 rings (SSSR count). The van der Waals surface area contributed by atoms with E-state index in [1.165, 1.54) is 0 Å². The van der Waals surface area contributed by atoms with E-state index in [1.807, 2.05) is 0 Å². The first-order valence-corrected chi connectivity index (χ1v) is 4.95. The molecular weight excluding hydrogens is 196 g/mol. The van der Waals surface area contributed by atoms with Crippen molar-refractivity contribution in [3.8, 4) is 0 Å². The summed E-state index contributed by atoms with van der Waals surface area (Å²) < 4.78 is 32.9. The number of aromatic nitrogens is 1. The Morgan fingerprint density at radius 1 is 1.67 bits per heavy atom. The Balaban J connectivity index is 3.17. The van der Waals surface area contributed by atoms with E-state index < -0.39 is 10.1 Å². The summed E-state index contributed by atoms with van der Waals surface area (Å²) in [6.45, 7) is 0. The van der Waals surface area contributed by atoms with Crippen molar-refractivity contribution in [2.24, 2.45) is 0 Å². The first-order valence-electron chi connectivity index (χ1n) is 2.74. The summed E-state index contributed by atoms with van der Waals surface area (Å²) in [5.41, 5.74) is 0.160. The molecule has 1 aromatic heterocycles. The number of rotatable bonds is 2. The molecule has 0 aliphatic carbocycles. The Morgan fingerprint density at radius 3 is 2.50 bits per heavy atom. The van der Waals surface area contributed by atoms with Crippen molar-refractivity contribution in [2.45, 2.75) is 4.21 Å². The average Bonchev–Trinajstić information content (AvgIpc) is 2.30. The van der Waals surface area contributed by atoms with E-state index in [9.17, 15) is 8.42 Å². The number of hydrogen-bond donors (Lipinski definition) is 1. The van der Waals surface area contributed by atoms with Crippen LogP contribution in [0.25, 0.3) is 0 Å². The fourth-order valence-corrected chi connectivity index (χ4v) is 1.78. The van der Waals surface area contributed by atoms with Crippen LogP contribution >= 0.6 is 11.5 Å². The average molecular weight is 198 g/mol. The molecule has 0 saturated carbocycles. The van der Waals surface area contributed by atoms with Gasteiger partial charge in [-0.25, -0.2) is 0 Å². The van der Waals surface area contributed by atoms with Crippen molar-refractivity contribution < 1.29 is 13.0 Å². The van der Waals surface area contributed by atoms with Crippen molar-refractivity contribution in [3.05, 3.63) is 11.8 Å². The van der Waals surface area contributed by atoms with Crippen LogP contribution in [0.1, 0.15) is 5.69 Å². The molecule has 3 radical (unpaired) electrons.